The Balaban J connectivity index is 1.38. The minimum atomic E-state index is -4.63. The Kier molecular flexibility index (Phi) is 6.73. The number of benzene rings is 2. The van der Waals surface area contributed by atoms with Gasteiger partial charge in [-0.05, 0) is 48.9 Å². The van der Waals surface area contributed by atoms with Crippen molar-refractivity contribution in [2.75, 3.05) is 54.6 Å². The van der Waals surface area contributed by atoms with E-state index < -0.39 is 24.3 Å². The van der Waals surface area contributed by atoms with Gasteiger partial charge >= 0.3 is 6.18 Å². The summed E-state index contributed by atoms with van der Waals surface area (Å²) in [7, 11) is 0. The molecule has 0 aromatic heterocycles. The Morgan fingerprint density at radius 3 is 2.36 bits per heavy atom. The predicted octanol–water partition coefficient (Wildman–Crippen LogP) is 3.69. The fraction of sp³-hybridized carbons (Fsp3) is 0.391. The number of hydrogen-bond acceptors (Lipinski definition) is 5. The number of nitrogens with zero attached hydrogens (tertiary/aromatic N) is 2. The maximum absolute atomic E-state index is 13.6. The largest absolute Gasteiger partial charge is 0.484 e. The Labute approximate surface area is 189 Å². The number of anilines is 3. The summed E-state index contributed by atoms with van der Waals surface area (Å²) in [5.74, 6) is -0.277. The number of rotatable bonds is 6. The van der Waals surface area contributed by atoms with Crippen molar-refractivity contribution in [1.29, 1.82) is 0 Å². The number of hydrogen-bond donors (Lipinski definition) is 1. The van der Waals surface area contributed by atoms with Crippen molar-refractivity contribution in [1.82, 2.24) is 0 Å². The molecule has 2 aliphatic heterocycles. The van der Waals surface area contributed by atoms with E-state index in [4.69, 9.17) is 9.47 Å². The molecule has 10 heteroatoms. The zero-order valence-corrected chi connectivity index (χ0v) is 17.9. The molecule has 33 heavy (non-hydrogen) atoms. The molecule has 2 fully saturated rings. The van der Waals surface area contributed by atoms with Crippen molar-refractivity contribution in [3.63, 3.8) is 0 Å². The van der Waals surface area contributed by atoms with Gasteiger partial charge in [0.05, 0.1) is 24.5 Å². The van der Waals surface area contributed by atoms with Gasteiger partial charge in [0.2, 0.25) is 5.91 Å². The minimum Gasteiger partial charge on any atom is -0.484 e. The van der Waals surface area contributed by atoms with Crippen LogP contribution in [-0.2, 0) is 20.5 Å². The molecule has 2 aromatic carbocycles. The number of ether oxygens (including phenoxy) is 2. The molecule has 2 amide bonds. The van der Waals surface area contributed by atoms with Gasteiger partial charge in [-0.25, -0.2) is 0 Å². The summed E-state index contributed by atoms with van der Waals surface area (Å²) >= 11 is 0. The Bertz CT molecular complexity index is 1010. The summed E-state index contributed by atoms with van der Waals surface area (Å²) in [6, 6.07) is 10.5. The summed E-state index contributed by atoms with van der Waals surface area (Å²) in [5.41, 5.74) is -0.0728. The van der Waals surface area contributed by atoms with Gasteiger partial charge in [0.25, 0.3) is 5.91 Å². The molecule has 0 atom stereocenters. The highest BCUT2D eigenvalue weighted by Crippen LogP contribution is 2.37. The van der Waals surface area contributed by atoms with Gasteiger partial charge in [-0.3, -0.25) is 9.59 Å². The van der Waals surface area contributed by atoms with Crippen LogP contribution >= 0.6 is 0 Å². The van der Waals surface area contributed by atoms with Crippen LogP contribution in [0, 0.1) is 0 Å². The molecule has 0 saturated carbocycles. The molecule has 2 aliphatic rings. The maximum atomic E-state index is 13.6. The van der Waals surface area contributed by atoms with Crippen LogP contribution in [0.5, 0.6) is 5.75 Å². The number of carbonyl (C=O) groups is 2. The summed E-state index contributed by atoms with van der Waals surface area (Å²) in [6.45, 7) is 2.11. The molecule has 2 heterocycles. The molecule has 0 unspecified atom stereocenters. The van der Waals surface area contributed by atoms with Crippen LogP contribution in [0.3, 0.4) is 0 Å². The van der Waals surface area contributed by atoms with E-state index in [2.05, 4.69) is 5.32 Å². The lowest BCUT2D eigenvalue weighted by Gasteiger charge is -2.29. The summed E-state index contributed by atoms with van der Waals surface area (Å²) in [4.78, 5) is 27.6. The number of nitrogens with one attached hydrogen (secondary N) is 1. The summed E-state index contributed by atoms with van der Waals surface area (Å²) in [5, 5.41) is 2.30. The molecule has 0 spiro atoms. The lowest BCUT2D eigenvalue weighted by molar-refractivity contribution is -0.137. The number of alkyl halides is 3. The third-order valence-corrected chi connectivity index (χ3v) is 5.55. The van der Waals surface area contributed by atoms with Crippen molar-refractivity contribution < 1.29 is 32.2 Å². The second-order valence-electron chi connectivity index (χ2n) is 7.81. The lowest BCUT2D eigenvalue weighted by Crippen LogP contribution is -2.36. The van der Waals surface area contributed by atoms with Crippen LogP contribution in [0.25, 0.3) is 0 Å². The van der Waals surface area contributed by atoms with Crippen molar-refractivity contribution >= 4 is 28.9 Å². The average Bonchev–Trinajstić information content (AvgIpc) is 3.24. The highest BCUT2D eigenvalue weighted by molar-refractivity contribution is 5.95. The third-order valence-electron chi connectivity index (χ3n) is 5.55. The molecule has 4 rings (SSSR count). The van der Waals surface area contributed by atoms with E-state index >= 15 is 0 Å². The van der Waals surface area contributed by atoms with Gasteiger partial charge in [-0.15, -0.1) is 0 Å². The van der Waals surface area contributed by atoms with E-state index in [0.717, 1.165) is 18.2 Å². The van der Waals surface area contributed by atoms with Gasteiger partial charge in [0.15, 0.2) is 6.61 Å². The van der Waals surface area contributed by atoms with Crippen molar-refractivity contribution in [3.8, 4) is 5.75 Å². The van der Waals surface area contributed by atoms with Crippen LogP contribution in [0.1, 0.15) is 18.4 Å². The van der Waals surface area contributed by atoms with E-state index in [1.165, 1.54) is 6.07 Å². The molecule has 176 valence electrons. The predicted molar refractivity (Wildman–Crippen MR) is 117 cm³/mol. The fourth-order valence-corrected chi connectivity index (χ4v) is 3.87. The molecular weight excluding hydrogens is 439 g/mol. The maximum Gasteiger partial charge on any atom is 0.418 e. The molecule has 2 aromatic rings. The first-order valence-electron chi connectivity index (χ1n) is 10.7. The normalized spacial score (nSPS) is 16.8. The van der Waals surface area contributed by atoms with Crippen LogP contribution < -0.4 is 19.9 Å². The van der Waals surface area contributed by atoms with Crippen LogP contribution in [0.4, 0.5) is 30.2 Å². The average molecular weight is 463 g/mol. The highest BCUT2D eigenvalue weighted by atomic mass is 19.4. The second-order valence-corrected chi connectivity index (χ2v) is 7.81. The van der Waals surface area contributed by atoms with Gasteiger partial charge in [-0.2, -0.15) is 13.2 Å². The van der Waals surface area contributed by atoms with Crippen LogP contribution in [0.15, 0.2) is 42.5 Å². The van der Waals surface area contributed by atoms with E-state index in [9.17, 15) is 22.8 Å². The van der Waals surface area contributed by atoms with E-state index in [-0.39, 0.29) is 11.6 Å². The monoisotopic (exact) mass is 463 g/mol. The number of carbonyl (C=O) groups excluding carboxylic acids is 2. The van der Waals surface area contributed by atoms with Crippen LogP contribution in [0.2, 0.25) is 0 Å². The molecular formula is C23H24F3N3O4. The molecule has 7 nitrogen and oxygen atoms in total. The first-order chi connectivity index (χ1) is 15.8. The van der Waals surface area contributed by atoms with Crippen molar-refractivity contribution in [2.24, 2.45) is 0 Å². The van der Waals surface area contributed by atoms with Gasteiger partial charge in [-0.1, -0.05) is 0 Å². The molecule has 2 saturated heterocycles. The Morgan fingerprint density at radius 2 is 1.73 bits per heavy atom. The quantitative estimate of drug-likeness (QED) is 0.708. The topological polar surface area (TPSA) is 71.1 Å². The first-order valence-corrected chi connectivity index (χ1v) is 10.7. The molecule has 0 radical (unpaired) electrons. The zero-order chi connectivity index (χ0) is 23.4. The molecule has 0 aliphatic carbocycles. The second kappa shape index (κ2) is 9.70. The third kappa shape index (κ3) is 5.57. The fourth-order valence-electron chi connectivity index (χ4n) is 3.87. The Hall–Kier alpha value is -3.27. The number of halogens is 3. The van der Waals surface area contributed by atoms with Gasteiger partial charge < -0.3 is 24.6 Å². The van der Waals surface area contributed by atoms with Gasteiger partial charge in [0.1, 0.15) is 5.75 Å². The number of morpholine rings is 1. The molecule has 1 N–H and O–H groups in total. The summed E-state index contributed by atoms with van der Waals surface area (Å²) < 4.78 is 51.6. The van der Waals surface area contributed by atoms with Crippen LogP contribution in [-0.4, -0.2) is 51.3 Å². The lowest BCUT2D eigenvalue weighted by atomic mass is 10.1. The number of amides is 2. The standard InChI is InChI=1S/C23H24F3N3O4/c24-23(25,26)19-14-17(28-10-12-32-13-11-28)5-8-20(19)27-21(30)15-33-18-6-3-16(4-7-18)29-9-1-2-22(29)31/h3-8,14H,1-2,9-13,15H2,(H,27,30). The molecule has 0 bridgehead atoms. The van der Waals surface area contributed by atoms with Crippen molar-refractivity contribution in [2.45, 2.75) is 19.0 Å². The zero-order valence-electron chi connectivity index (χ0n) is 17.9. The van der Waals surface area contributed by atoms with E-state index in [1.807, 2.05) is 4.90 Å². The smallest absolute Gasteiger partial charge is 0.418 e. The SMILES string of the molecule is O=C(COc1ccc(N2CCCC2=O)cc1)Nc1ccc(N2CCOCC2)cc1C(F)(F)F. The van der Waals surface area contributed by atoms with Crippen molar-refractivity contribution in [3.05, 3.63) is 48.0 Å². The summed E-state index contributed by atoms with van der Waals surface area (Å²) in [6.07, 6.45) is -3.30. The minimum absolute atomic E-state index is 0.0585. The highest BCUT2D eigenvalue weighted by Gasteiger charge is 2.35. The first kappa shape index (κ1) is 22.9. The van der Waals surface area contributed by atoms with E-state index in [1.54, 1.807) is 35.2 Å². The van der Waals surface area contributed by atoms with Gasteiger partial charge in [0, 0.05) is 37.4 Å². The van der Waals surface area contributed by atoms with E-state index in [0.29, 0.717) is 50.7 Å². The Morgan fingerprint density at radius 1 is 1.03 bits per heavy atom.